The highest BCUT2D eigenvalue weighted by Gasteiger charge is 2.30. The van der Waals surface area contributed by atoms with E-state index in [-0.39, 0.29) is 11.8 Å². The molecule has 1 fully saturated rings. The van der Waals surface area contributed by atoms with Gasteiger partial charge in [0.1, 0.15) is 18.1 Å². The molecule has 0 spiro atoms. The van der Waals surface area contributed by atoms with Crippen LogP contribution in [0.25, 0.3) is 0 Å². The van der Waals surface area contributed by atoms with E-state index in [1.807, 2.05) is 24.3 Å². The zero-order valence-corrected chi connectivity index (χ0v) is 21.7. The van der Waals surface area contributed by atoms with Crippen LogP contribution in [0.2, 0.25) is 0 Å². The summed E-state index contributed by atoms with van der Waals surface area (Å²) in [6, 6.07) is 10.0. The van der Waals surface area contributed by atoms with Gasteiger partial charge in [-0.25, -0.2) is 0 Å². The molecular formula is C29H40N2O4. The predicted molar refractivity (Wildman–Crippen MR) is 138 cm³/mol. The van der Waals surface area contributed by atoms with Gasteiger partial charge in [0.2, 0.25) is 5.91 Å². The number of amides is 1. The van der Waals surface area contributed by atoms with E-state index >= 15 is 0 Å². The first kappa shape index (κ1) is 25.5. The lowest BCUT2D eigenvalue weighted by atomic mass is 9.74. The molecule has 1 unspecified atom stereocenters. The number of carbonyl (C=O) groups is 1. The van der Waals surface area contributed by atoms with Gasteiger partial charge in [0.25, 0.3) is 0 Å². The second-order valence-electron chi connectivity index (χ2n) is 9.93. The molecule has 35 heavy (non-hydrogen) atoms. The third-order valence-electron chi connectivity index (χ3n) is 7.76. The van der Waals surface area contributed by atoms with E-state index in [0.29, 0.717) is 19.1 Å². The maximum Gasteiger partial charge on any atom is 0.223 e. The van der Waals surface area contributed by atoms with E-state index < -0.39 is 0 Å². The average molecular weight is 481 g/mol. The molecule has 4 rings (SSSR count). The first-order valence-corrected chi connectivity index (χ1v) is 12.9. The number of nitrogens with one attached hydrogen (secondary N) is 1. The van der Waals surface area contributed by atoms with Crippen LogP contribution >= 0.6 is 0 Å². The molecule has 0 aromatic heterocycles. The first-order valence-electron chi connectivity index (χ1n) is 12.9. The van der Waals surface area contributed by atoms with E-state index in [9.17, 15) is 4.79 Å². The highest BCUT2D eigenvalue weighted by molar-refractivity contribution is 5.78. The van der Waals surface area contributed by atoms with Crippen LogP contribution in [0.15, 0.2) is 30.3 Å². The van der Waals surface area contributed by atoms with E-state index in [1.54, 1.807) is 7.11 Å². The minimum absolute atomic E-state index is 0.0352. The second-order valence-corrected chi connectivity index (χ2v) is 9.93. The van der Waals surface area contributed by atoms with Crippen molar-refractivity contribution in [2.45, 2.75) is 46.6 Å². The number of methoxy groups -OCH3 is 1. The van der Waals surface area contributed by atoms with Crippen LogP contribution in [0.5, 0.6) is 11.5 Å². The van der Waals surface area contributed by atoms with Crippen LogP contribution in [0.1, 0.15) is 41.2 Å². The van der Waals surface area contributed by atoms with Crippen LogP contribution in [0.4, 0.5) is 0 Å². The molecular weight excluding hydrogens is 440 g/mol. The summed E-state index contributed by atoms with van der Waals surface area (Å²) in [5.41, 5.74) is 6.46. The number of aryl methyl sites for hydroxylation is 1. The quantitative estimate of drug-likeness (QED) is 0.586. The van der Waals surface area contributed by atoms with Crippen LogP contribution in [-0.2, 0) is 28.9 Å². The van der Waals surface area contributed by atoms with Crippen molar-refractivity contribution in [1.29, 1.82) is 0 Å². The van der Waals surface area contributed by atoms with Crippen molar-refractivity contribution in [3.05, 3.63) is 58.1 Å². The minimum atomic E-state index is -0.0352. The molecule has 2 aromatic rings. The number of carbonyl (C=O) groups excluding carboxylic acids is 1. The van der Waals surface area contributed by atoms with Gasteiger partial charge in [-0.15, -0.1) is 0 Å². The SMILES string of the molecule is COc1ccc(CNC(=O)C(C)[C@@H]2CCc3c(C)cc(OCCN4CCOCC4)c(C)c3C2)cc1. The highest BCUT2D eigenvalue weighted by atomic mass is 16.5. The molecule has 0 saturated carbocycles. The van der Waals surface area contributed by atoms with Gasteiger partial charge in [-0.2, -0.15) is 0 Å². The fraction of sp³-hybridized carbons (Fsp3) is 0.552. The lowest BCUT2D eigenvalue weighted by Crippen LogP contribution is -2.38. The first-order chi connectivity index (χ1) is 17.0. The van der Waals surface area contributed by atoms with E-state index in [1.165, 1.54) is 22.3 Å². The summed E-state index contributed by atoms with van der Waals surface area (Å²) in [5.74, 6) is 2.24. The molecule has 1 heterocycles. The standard InChI is InChI=1S/C29H40N2O4/c1-20-17-28(35-16-13-31-11-14-34-15-12-31)22(3)27-18-24(7-10-26(20)27)21(2)29(32)30-19-23-5-8-25(33-4)9-6-23/h5-6,8-9,17,21,24H,7,10-16,18-19H2,1-4H3,(H,30,32)/t21?,24-/m1/s1. The molecule has 1 amide bonds. The average Bonchev–Trinajstić information content (AvgIpc) is 2.90. The van der Waals surface area contributed by atoms with Gasteiger partial charge in [0, 0.05) is 32.1 Å². The summed E-state index contributed by atoms with van der Waals surface area (Å²) in [4.78, 5) is 15.4. The fourth-order valence-electron chi connectivity index (χ4n) is 5.32. The van der Waals surface area contributed by atoms with Crippen molar-refractivity contribution in [3.63, 3.8) is 0 Å². The Balaban J connectivity index is 1.35. The van der Waals surface area contributed by atoms with Crippen molar-refractivity contribution in [1.82, 2.24) is 10.2 Å². The lowest BCUT2D eigenvalue weighted by molar-refractivity contribution is -0.126. The van der Waals surface area contributed by atoms with Gasteiger partial charge in [0.05, 0.1) is 20.3 Å². The van der Waals surface area contributed by atoms with Crippen molar-refractivity contribution < 1.29 is 19.0 Å². The number of nitrogens with zero attached hydrogens (tertiary/aromatic N) is 1. The monoisotopic (exact) mass is 480 g/mol. The number of ether oxygens (including phenoxy) is 3. The Morgan fingerprint density at radius 1 is 1.17 bits per heavy atom. The number of morpholine rings is 1. The summed E-state index contributed by atoms with van der Waals surface area (Å²) < 4.78 is 16.9. The smallest absolute Gasteiger partial charge is 0.223 e. The van der Waals surface area contributed by atoms with E-state index in [2.05, 4.69) is 37.1 Å². The maximum atomic E-state index is 13.0. The molecule has 1 saturated heterocycles. The number of rotatable bonds is 9. The molecule has 1 N–H and O–H groups in total. The van der Waals surface area contributed by atoms with Gasteiger partial charge >= 0.3 is 0 Å². The predicted octanol–water partition coefficient (Wildman–Crippen LogP) is 4.08. The summed E-state index contributed by atoms with van der Waals surface area (Å²) in [6.45, 7) is 12.2. The van der Waals surface area contributed by atoms with Crippen LogP contribution in [0, 0.1) is 25.7 Å². The Bertz CT molecular complexity index is 999. The van der Waals surface area contributed by atoms with Crippen molar-refractivity contribution in [3.8, 4) is 11.5 Å². The molecule has 0 bridgehead atoms. The lowest BCUT2D eigenvalue weighted by Gasteiger charge is -2.32. The van der Waals surface area contributed by atoms with Gasteiger partial charge in [-0.1, -0.05) is 19.1 Å². The van der Waals surface area contributed by atoms with Gasteiger partial charge in [0.15, 0.2) is 0 Å². The van der Waals surface area contributed by atoms with E-state index in [0.717, 1.165) is 69.2 Å². The highest BCUT2D eigenvalue weighted by Crippen LogP contribution is 2.37. The zero-order valence-electron chi connectivity index (χ0n) is 21.7. The van der Waals surface area contributed by atoms with Gasteiger partial charge in [-0.05, 0) is 85.0 Å². The Morgan fingerprint density at radius 3 is 2.63 bits per heavy atom. The number of fused-ring (bicyclic) bond motifs is 1. The second kappa shape index (κ2) is 11.9. The Labute approximate surface area is 209 Å². The Kier molecular flexibility index (Phi) is 8.69. The van der Waals surface area contributed by atoms with Crippen molar-refractivity contribution in [2.75, 3.05) is 46.6 Å². The molecule has 0 radical (unpaired) electrons. The van der Waals surface area contributed by atoms with E-state index in [4.69, 9.17) is 14.2 Å². The topological polar surface area (TPSA) is 60.0 Å². The number of hydrogen-bond donors (Lipinski definition) is 1. The van der Waals surface area contributed by atoms with Crippen LogP contribution < -0.4 is 14.8 Å². The van der Waals surface area contributed by atoms with Crippen molar-refractivity contribution in [2.24, 2.45) is 11.8 Å². The molecule has 1 aliphatic heterocycles. The number of hydrogen-bond acceptors (Lipinski definition) is 5. The van der Waals surface area contributed by atoms with Crippen LogP contribution in [-0.4, -0.2) is 57.4 Å². The third-order valence-corrected chi connectivity index (χ3v) is 7.76. The molecule has 1 aliphatic carbocycles. The molecule has 2 aromatic carbocycles. The molecule has 6 nitrogen and oxygen atoms in total. The summed E-state index contributed by atoms with van der Waals surface area (Å²) in [6.07, 6.45) is 3.00. The zero-order chi connectivity index (χ0) is 24.8. The largest absolute Gasteiger partial charge is 0.497 e. The maximum absolute atomic E-state index is 13.0. The van der Waals surface area contributed by atoms with Crippen molar-refractivity contribution >= 4 is 5.91 Å². The Hall–Kier alpha value is -2.57. The minimum Gasteiger partial charge on any atom is -0.497 e. The summed E-state index contributed by atoms with van der Waals surface area (Å²) in [7, 11) is 1.66. The Morgan fingerprint density at radius 2 is 1.91 bits per heavy atom. The molecule has 6 heteroatoms. The molecule has 2 atom stereocenters. The normalized spacial score (nSPS) is 19.0. The van der Waals surface area contributed by atoms with Gasteiger partial charge in [-0.3, -0.25) is 9.69 Å². The van der Waals surface area contributed by atoms with Crippen LogP contribution in [0.3, 0.4) is 0 Å². The molecule has 2 aliphatic rings. The summed E-state index contributed by atoms with van der Waals surface area (Å²) in [5, 5.41) is 3.14. The molecule has 190 valence electrons. The number of benzene rings is 2. The van der Waals surface area contributed by atoms with Gasteiger partial charge < -0.3 is 19.5 Å². The summed E-state index contributed by atoms with van der Waals surface area (Å²) >= 11 is 0. The third kappa shape index (κ3) is 6.36. The fourth-order valence-corrected chi connectivity index (χ4v) is 5.32.